The number of methoxy groups -OCH3 is 1. The molecule has 0 saturated carbocycles. The van der Waals surface area contributed by atoms with Crippen molar-refractivity contribution in [3.63, 3.8) is 0 Å². The molecule has 0 aliphatic carbocycles. The summed E-state index contributed by atoms with van der Waals surface area (Å²) < 4.78 is 5.53. The molecule has 1 rings (SSSR count). The van der Waals surface area contributed by atoms with Crippen LogP contribution < -0.4 is 10.6 Å². The Kier molecular flexibility index (Phi) is 6.99. The number of rotatable bonds is 5. The Morgan fingerprint density at radius 1 is 1.29 bits per heavy atom. The van der Waals surface area contributed by atoms with Crippen LogP contribution in [-0.2, 0) is 11.3 Å². The van der Waals surface area contributed by atoms with Crippen molar-refractivity contribution in [3.05, 3.63) is 34.9 Å². The van der Waals surface area contributed by atoms with Gasteiger partial charge in [0.25, 0.3) is 0 Å². The lowest BCUT2D eigenvalue weighted by atomic mass is 9.89. The number of aliphatic imine (C=N–C) groups is 1. The zero-order valence-corrected chi connectivity index (χ0v) is 14.3. The van der Waals surface area contributed by atoms with Gasteiger partial charge >= 0.3 is 0 Å². The maximum absolute atomic E-state index is 6.14. The lowest BCUT2D eigenvalue weighted by Crippen LogP contribution is -2.45. The van der Waals surface area contributed by atoms with Gasteiger partial charge in [-0.25, -0.2) is 0 Å². The third-order valence-electron chi connectivity index (χ3n) is 3.33. The summed E-state index contributed by atoms with van der Waals surface area (Å²) in [4.78, 5) is 4.22. The highest BCUT2D eigenvalue weighted by molar-refractivity contribution is 6.31. The predicted octanol–water partition coefficient (Wildman–Crippen LogP) is 3.07. The number of benzene rings is 1. The smallest absolute Gasteiger partial charge is 0.191 e. The van der Waals surface area contributed by atoms with Crippen LogP contribution in [0.2, 0.25) is 5.02 Å². The van der Waals surface area contributed by atoms with Gasteiger partial charge in [0.2, 0.25) is 0 Å². The largest absolute Gasteiger partial charge is 0.379 e. The third-order valence-corrected chi connectivity index (χ3v) is 3.70. The van der Waals surface area contributed by atoms with E-state index in [-0.39, 0.29) is 11.5 Å². The number of halogens is 1. The van der Waals surface area contributed by atoms with E-state index in [2.05, 4.69) is 36.4 Å². The van der Waals surface area contributed by atoms with E-state index in [4.69, 9.17) is 16.3 Å². The Balaban J connectivity index is 2.52. The SMILES string of the molecule is CN=C(NCc1ccccc1Cl)NCC(OC)C(C)(C)C. The van der Waals surface area contributed by atoms with Gasteiger partial charge in [0.05, 0.1) is 6.10 Å². The normalized spacial score (nSPS) is 13.9. The van der Waals surface area contributed by atoms with E-state index < -0.39 is 0 Å². The molecule has 0 radical (unpaired) electrons. The topological polar surface area (TPSA) is 45.7 Å². The molecule has 1 aromatic rings. The van der Waals surface area contributed by atoms with Crippen LogP contribution in [0.25, 0.3) is 0 Å². The second-order valence-electron chi connectivity index (χ2n) is 5.99. The minimum Gasteiger partial charge on any atom is -0.379 e. The Morgan fingerprint density at radius 2 is 1.95 bits per heavy atom. The van der Waals surface area contributed by atoms with E-state index >= 15 is 0 Å². The van der Waals surface area contributed by atoms with Gasteiger partial charge in [0, 0.05) is 32.3 Å². The maximum Gasteiger partial charge on any atom is 0.191 e. The van der Waals surface area contributed by atoms with E-state index in [9.17, 15) is 0 Å². The minimum atomic E-state index is 0.0728. The summed E-state index contributed by atoms with van der Waals surface area (Å²) in [5.41, 5.74) is 1.12. The van der Waals surface area contributed by atoms with Crippen LogP contribution in [-0.4, -0.2) is 32.8 Å². The summed E-state index contributed by atoms with van der Waals surface area (Å²) in [6.07, 6.45) is 0.108. The van der Waals surface area contributed by atoms with Gasteiger partial charge in [-0.3, -0.25) is 4.99 Å². The zero-order chi connectivity index (χ0) is 15.9. The van der Waals surface area contributed by atoms with Crippen molar-refractivity contribution < 1.29 is 4.74 Å². The molecule has 0 aliphatic heterocycles. The molecule has 0 amide bonds. The molecule has 0 heterocycles. The first kappa shape index (κ1) is 17.8. The van der Waals surface area contributed by atoms with E-state index in [0.717, 1.165) is 16.5 Å². The molecule has 5 heteroatoms. The highest BCUT2D eigenvalue weighted by atomic mass is 35.5. The van der Waals surface area contributed by atoms with Crippen molar-refractivity contribution in [2.75, 3.05) is 20.7 Å². The fraction of sp³-hybridized carbons (Fsp3) is 0.562. The average Bonchev–Trinajstić information content (AvgIpc) is 2.43. The van der Waals surface area contributed by atoms with Crippen molar-refractivity contribution in [2.24, 2.45) is 10.4 Å². The summed E-state index contributed by atoms with van der Waals surface area (Å²) in [5.74, 6) is 0.737. The molecule has 0 bridgehead atoms. The molecule has 1 atom stereocenters. The predicted molar refractivity (Wildman–Crippen MR) is 89.9 cm³/mol. The molecule has 0 aromatic heterocycles. The summed E-state index contributed by atoms with van der Waals surface area (Å²) >= 11 is 6.14. The van der Waals surface area contributed by atoms with Crippen LogP contribution in [0.4, 0.5) is 0 Å². The van der Waals surface area contributed by atoms with E-state index in [1.165, 1.54) is 0 Å². The van der Waals surface area contributed by atoms with Crippen molar-refractivity contribution in [1.29, 1.82) is 0 Å². The molecule has 0 aliphatic rings. The van der Waals surface area contributed by atoms with E-state index in [0.29, 0.717) is 13.1 Å². The van der Waals surface area contributed by atoms with Crippen LogP contribution in [0.1, 0.15) is 26.3 Å². The van der Waals surface area contributed by atoms with Gasteiger partial charge in [-0.15, -0.1) is 0 Å². The van der Waals surface area contributed by atoms with Gasteiger partial charge in [-0.2, -0.15) is 0 Å². The van der Waals surface area contributed by atoms with Gasteiger partial charge in [0.1, 0.15) is 0 Å². The third kappa shape index (κ3) is 5.94. The first-order chi connectivity index (χ1) is 9.88. The summed E-state index contributed by atoms with van der Waals surface area (Å²) in [7, 11) is 3.48. The van der Waals surface area contributed by atoms with Crippen LogP contribution in [0.15, 0.2) is 29.3 Å². The van der Waals surface area contributed by atoms with Gasteiger partial charge in [-0.1, -0.05) is 50.6 Å². The monoisotopic (exact) mass is 311 g/mol. The van der Waals surface area contributed by atoms with Crippen LogP contribution in [0, 0.1) is 5.41 Å². The Labute approximate surface area is 132 Å². The quantitative estimate of drug-likeness (QED) is 0.649. The van der Waals surface area contributed by atoms with E-state index in [1.54, 1.807) is 14.2 Å². The number of nitrogens with zero attached hydrogens (tertiary/aromatic N) is 1. The fourth-order valence-corrected chi connectivity index (χ4v) is 2.18. The molecule has 21 heavy (non-hydrogen) atoms. The van der Waals surface area contributed by atoms with Crippen molar-refractivity contribution in [3.8, 4) is 0 Å². The number of hydrogen-bond acceptors (Lipinski definition) is 2. The number of nitrogens with one attached hydrogen (secondary N) is 2. The first-order valence-electron chi connectivity index (χ1n) is 7.09. The molecular formula is C16H26ClN3O. The Hall–Kier alpha value is -1.26. The lowest BCUT2D eigenvalue weighted by molar-refractivity contribution is 0.0205. The Bertz CT molecular complexity index is 469. The Morgan fingerprint density at radius 3 is 2.48 bits per heavy atom. The molecule has 0 spiro atoms. The van der Waals surface area contributed by atoms with Crippen molar-refractivity contribution >= 4 is 17.6 Å². The lowest BCUT2D eigenvalue weighted by Gasteiger charge is -2.30. The molecule has 1 unspecified atom stereocenters. The second kappa shape index (κ2) is 8.25. The summed E-state index contributed by atoms with van der Waals surface area (Å²) in [6.45, 7) is 7.79. The van der Waals surface area contributed by atoms with Crippen LogP contribution in [0.3, 0.4) is 0 Å². The summed E-state index contributed by atoms with van der Waals surface area (Å²) in [6, 6.07) is 7.77. The van der Waals surface area contributed by atoms with Gasteiger partial charge in [-0.05, 0) is 17.0 Å². The van der Waals surface area contributed by atoms with Crippen LogP contribution >= 0.6 is 11.6 Å². The summed E-state index contributed by atoms with van der Waals surface area (Å²) in [5, 5.41) is 7.30. The second-order valence-corrected chi connectivity index (χ2v) is 6.40. The first-order valence-corrected chi connectivity index (χ1v) is 7.47. The van der Waals surface area contributed by atoms with Crippen molar-refractivity contribution in [2.45, 2.75) is 33.4 Å². The minimum absolute atomic E-state index is 0.0728. The maximum atomic E-state index is 6.14. The highest BCUT2D eigenvalue weighted by Crippen LogP contribution is 2.20. The number of hydrogen-bond donors (Lipinski definition) is 2. The molecule has 0 saturated heterocycles. The molecule has 2 N–H and O–H groups in total. The van der Waals surface area contributed by atoms with Crippen LogP contribution in [0.5, 0.6) is 0 Å². The molecule has 1 aromatic carbocycles. The van der Waals surface area contributed by atoms with Gasteiger partial charge < -0.3 is 15.4 Å². The zero-order valence-electron chi connectivity index (χ0n) is 13.5. The number of guanidine groups is 1. The molecule has 0 fully saturated rings. The highest BCUT2D eigenvalue weighted by Gasteiger charge is 2.24. The fourth-order valence-electron chi connectivity index (χ4n) is 1.97. The van der Waals surface area contributed by atoms with Crippen molar-refractivity contribution in [1.82, 2.24) is 10.6 Å². The average molecular weight is 312 g/mol. The molecule has 4 nitrogen and oxygen atoms in total. The van der Waals surface area contributed by atoms with Gasteiger partial charge in [0.15, 0.2) is 5.96 Å². The molecule has 118 valence electrons. The van der Waals surface area contributed by atoms with E-state index in [1.807, 2.05) is 24.3 Å². The molecular weight excluding hydrogens is 286 g/mol. The standard InChI is InChI=1S/C16H26ClN3O/c1-16(2,3)14(21-5)11-20-15(18-4)19-10-12-8-6-7-9-13(12)17/h6-9,14H,10-11H2,1-5H3,(H2,18,19,20). The number of ether oxygens (including phenoxy) is 1.